The predicted molar refractivity (Wildman–Crippen MR) is 107 cm³/mol. The molecule has 0 fully saturated rings. The Morgan fingerprint density at radius 2 is 1.70 bits per heavy atom. The van der Waals surface area contributed by atoms with E-state index in [4.69, 9.17) is 9.51 Å². The zero-order chi connectivity index (χ0) is 19.6. The third-order valence-corrected chi connectivity index (χ3v) is 5.07. The number of aromatic hydroxyl groups is 1. The van der Waals surface area contributed by atoms with Gasteiger partial charge in [0.2, 0.25) is 5.82 Å². The minimum absolute atomic E-state index is 0.338. The summed E-state index contributed by atoms with van der Waals surface area (Å²) in [5, 5.41) is 14.3. The molecule has 0 aliphatic rings. The quantitative estimate of drug-likeness (QED) is 0.617. The fraction of sp³-hybridized carbons (Fsp3) is 0.409. The average Bonchev–Trinajstić information content (AvgIpc) is 3.15. The van der Waals surface area contributed by atoms with Crippen LogP contribution >= 0.6 is 0 Å². The molecule has 0 unspecified atom stereocenters. The number of nitrogens with zero attached hydrogens (tertiary/aromatic N) is 3. The minimum Gasteiger partial charge on any atom is -0.507 e. The third kappa shape index (κ3) is 3.87. The molecule has 142 valence electrons. The van der Waals surface area contributed by atoms with Crippen molar-refractivity contribution in [3.8, 4) is 28.6 Å². The smallest absolute Gasteiger partial charge is 0.258 e. The number of aryl methyl sites for hydroxylation is 3. The van der Waals surface area contributed by atoms with Crippen LogP contribution in [0.1, 0.15) is 62.0 Å². The van der Waals surface area contributed by atoms with E-state index in [1.165, 1.54) is 0 Å². The Morgan fingerprint density at radius 3 is 2.37 bits per heavy atom. The SMILES string of the molecule is CCc1cc(-c2noc(-c3cc(C)nc(C(CC)CC)c3)n2)cc(C)c1O. The normalized spacial score (nSPS) is 11.3. The Hall–Kier alpha value is -2.69. The molecule has 0 aliphatic heterocycles. The molecular formula is C22H27N3O2. The lowest BCUT2D eigenvalue weighted by Gasteiger charge is -2.13. The molecule has 0 aliphatic carbocycles. The first-order valence-electron chi connectivity index (χ1n) is 9.62. The average molecular weight is 365 g/mol. The van der Waals surface area contributed by atoms with Crippen molar-refractivity contribution in [2.24, 2.45) is 0 Å². The number of hydrogen-bond acceptors (Lipinski definition) is 5. The standard InChI is InChI=1S/C22H27N3O2/c1-6-15(7-2)19-12-18(10-14(5)23-19)22-24-21(25-27-22)17-9-13(4)20(26)16(8-3)11-17/h9-12,15,26H,6-8H2,1-5H3. The molecule has 0 radical (unpaired) electrons. The van der Waals surface area contributed by atoms with Gasteiger partial charge in [0.25, 0.3) is 5.89 Å². The van der Waals surface area contributed by atoms with Gasteiger partial charge in [-0.05, 0) is 68.5 Å². The first kappa shape index (κ1) is 19.1. The van der Waals surface area contributed by atoms with Crippen LogP contribution in [0.4, 0.5) is 0 Å². The lowest BCUT2D eigenvalue weighted by Crippen LogP contribution is -2.01. The molecule has 5 heteroatoms. The molecule has 0 saturated carbocycles. The van der Waals surface area contributed by atoms with Crippen molar-refractivity contribution in [3.05, 3.63) is 46.8 Å². The molecule has 3 rings (SSSR count). The number of benzene rings is 1. The Labute approximate surface area is 160 Å². The summed E-state index contributed by atoms with van der Waals surface area (Å²) < 4.78 is 5.55. The van der Waals surface area contributed by atoms with Gasteiger partial charge in [-0.15, -0.1) is 0 Å². The van der Waals surface area contributed by atoms with Crippen LogP contribution in [0.25, 0.3) is 22.8 Å². The van der Waals surface area contributed by atoms with Crippen LogP contribution in [-0.2, 0) is 6.42 Å². The van der Waals surface area contributed by atoms with Crippen molar-refractivity contribution >= 4 is 0 Å². The Kier molecular flexibility index (Phi) is 5.59. The molecule has 0 atom stereocenters. The molecule has 3 aromatic rings. The highest BCUT2D eigenvalue weighted by atomic mass is 16.5. The molecule has 0 bridgehead atoms. The van der Waals surface area contributed by atoms with Gasteiger partial charge in [0.05, 0.1) is 0 Å². The van der Waals surface area contributed by atoms with Crippen molar-refractivity contribution in [2.45, 2.75) is 59.8 Å². The van der Waals surface area contributed by atoms with Crippen molar-refractivity contribution in [3.63, 3.8) is 0 Å². The monoisotopic (exact) mass is 365 g/mol. The van der Waals surface area contributed by atoms with Gasteiger partial charge in [-0.3, -0.25) is 4.98 Å². The van der Waals surface area contributed by atoms with Gasteiger partial charge in [-0.2, -0.15) is 4.98 Å². The van der Waals surface area contributed by atoms with Gasteiger partial charge in [-0.25, -0.2) is 0 Å². The first-order valence-corrected chi connectivity index (χ1v) is 9.62. The van der Waals surface area contributed by atoms with Crippen LogP contribution in [-0.4, -0.2) is 20.2 Å². The van der Waals surface area contributed by atoms with Crippen molar-refractivity contribution in [2.75, 3.05) is 0 Å². The number of pyridine rings is 1. The number of aromatic nitrogens is 3. The van der Waals surface area contributed by atoms with Gasteiger partial charge in [-0.1, -0.05) is 25.9 Å². The lowest BCUT2D eigenvalue weighted by atomic mass is 9.97. The Balaban J connectivity index is 2.01. The summed E-state index contributed by atoms with van der Waals surface area (Å²) >= 11 is 0. The van der Waals surface area contributed by atoms with Crippen LogP contribution in [0.3, 0.4) is 0 Å². The zero-order valence-electron chi connectivity index (χ0n) is 16.7. The van der Waals surface area contributed by atoms with Crippen LogP contribution in [0.2, 0.25) is 0 Å². The second-order valence-corrected chi connectivity index (χ2v) is 7.01. The topological polar surface area (TPSA) is 72.0 Å². The molecule has 1 aromatic carbocycles. The lowest BCUT2D eigenvalue weighted by molar-refractivity contribution is 0.432. The van der Waals surface area contributed by atoms with Gasteiger partial charge in [0.15, 0.2) is 0 Å². The molecule has 0 saturated heterocycles. The summed E-state index contributed by atoms with van der Waals surface area (Å²) in [4.78, 5) is 9.30. The van der Waals surface area contributed by atoms with E-state index in [-0.39, 0.29) is 0 Å². The van der Waals surface area contributed by atoms with Crippen LogP contribution < -0.4 is 0 Å². The first-order chi connectivity index (χ1) is 13.0. The van der Waals surface area contributed by atoms with Gasteiger partial charge in [0.1, 0.15) is 5.75 Å². The van der Waals surface area contributed by atoms with E-state index in [0.717, 1.165) is 52.9 Å². The van der Waals surface area contributed by atoms with E-state index >= 15 is 0 Å². The molecule has 27 heavy (non-hydrogen) atoms. The molecular weight excluding hydrogens is 338 g/mol. The second-order valence-electron chi connectivity index (χ2n) is 7.01. The number of rotatable bonds is 6. The van der Waals surface area contributed by atoms with E-state index in [2.05, 4.69) is 30.1 Å². The molecule has 0 spiro atoms. The summed E-state index contributed by atoms with van der Waals surface area (Å²) in [6.07, 6.45) is 2.84. The third-order valence-electron chi connectivity index (χ3n) is 5.07. The summed E-state index contributed by atoms with van der Waals surface area (Å²) in [7, 11) is 0. The van der Waals surface area contributed by atoms with Crippen LogP contribution in [0.5, 0.6) is 5.75 Å². The highest BCUT2D eigenvalue weighted by Gasteiger charge is 2.17. The van der Waals surface area contributed by atoms with E-state index < -0.39 is 0 Å². The van der Waals surface area contributed by atoms with Crippen molar-refractivity contribution in [1.82, 2.24) is 15.1 Å². The zero-order valence-corrected chi connectivity index (χ0v) is 16.7. The Bertz CT molecular complexity index is 943. The molecule has 1 N–H and O–H groups in total. The van der Waals surface area contributed by atoms with Crippen LogP contribution in [0.15, 0.2) is 28.8 Å². The van der Waals surface area contributed by atoms with E-state index in [9.17, 15) is 5.11 Å². The summed E-state index contributed by atoms with van der Waals surface area (Å²) in [5.41, 5.74) is 5.46. The van der Waals surface area contributed by atoms with Gasteiger partial charge >= 0.3 is 0 Å². The summed E-state index contributed by atoms with van der Waals surface area (Å²) in [6.45, 7) is 10.2. The van der Waals surface area contributed by atoms with Crippen molar-refractivity contribution in [1.29, 1.82) is 0 Å². The predicted octanol–water partition coefficient (Wildman–Crippen LogP) is 5.59. The maximum atomic E-state index is 10.1. The largest absolute Gasteiger partial charge is 0.507 e. The number of phenolic OH excluding ortho intramolecular Hbond substituents is 1. The molecule has 2 aromatic heterocycles. The second kappa shape index (κ2) is 7.91. The number of phenols is 1. The van der Waals surface area contributed by atoms with E-state index in [1.54, 1.807) is 0 Å². The summed E-state index contributed by atoms with van der Waals surface area (Å²) in [5.74, 6) is 1.79. The van der Waals surface area contributed by atoms with Crippen molar-refractivity contribution < 1.29 is 9.63 Å². The molecule has 0 amide bonds. The van der Waals surface area contributed by atoms with E-state index in [1.807, 2.05) is 39.0 Å². The number of hydrogen-bond donors (Lipinski definition) is 1. The summed E-state index contributed by atoms with van der Waals surface area (Å²) in [6, 6.07) is 7.84. The van der Waals surface area contributed by atoms with Gasteiger partial charge in [0, 0.05) is 28.4 Å². The highest BCUT2D eigenvalue weighted by Crippen LogP contribution is 2.31. The molecule has 5 nitrogen and oxygen atoms in total. The van der Waals surface area contributed by atoms with E-state index in [0.29, 0.717) is 23.4 Å². The van der Waals surface area contributed by atoms with Crippen LogP contribution in [0, 0.1) is 13.8 Å². The maximum absolute atomic E-state index is 10.1. The fourth-order valence-electron chi connectivity index (χ4n) is 3.44. The fourth-order valence-corrected chi connectivity index (χ4v) is 3.44. The van der Waals surface area contributed by atoms with Gasteiger partial charge < -0.3 is 9.63 Å². The maximum Gasteiger partial charge on any atom is 0.258 e. The Morgan fingerprint density at radius 1 is 0.963 bits per heavy atom. The molecule has 2 heterocycles. The highest BCUT2D eigenvalue weighted by molar-refractivity contribution is 5.64. The minimum atomic E-state index is 0.338.